The molecule has 2 atom stereocenters. The first-order chi connectivity index (χ1) is 7.24. The maximum Gasteiger partial charge on any atom is 0.0869 e. The van der Waals surface area contributed by atoms with Gasteiger partial charge in [-0.25, -0.2) is 0 Å². The molecule has 0 saturated heterocycles. The van der Waals surface area contributed by atoms with Gasteiger partial charge in [-0.3, -0.25) is 0 Å². The Labute approximate surface area is 99.7 Å². The zero-order valence-corrected chi connectivity index (χ0v) is 11.4. The van der Waals surface area contributed by atoms with Gasteiger partial charge in [0.2, 0.25) is 0 Å². The number of aliphatic hydroxyl groups is 2. The molecule has 2 unspecified atom stereocenters. The Balaban J connectivity index is 3.96. The standard InChI is InChI=1S/C12H28N2O2/c1-6-11(2,10-15)7-13-8-12(3,16)9-14(4)5/h13,15-16H,6-10H2,1-5H3. The number of likely N-dealkylation sites (N-methyl/N-ethyl adjacent to an activating group) is 1. The molecule has 0 aliphatic heterocycles. The van der Waals surface area contributed by atoms with Crippen LogP contribution in [0, 0.1) is 5.41 Å². The van der Waals surface area contributed by atoms with Crippen LogP contribution in [0.4, 0.5) is 0 Å². The molecule has 3 N–H and O–H groups in total. The van der Waals surface area contributed by atoms with Crippen LogP contribution in [0.25, 0.3) is 0 Å². The maximum absolute atomic E-state index is 10.1. The van der Waals surface area contributed by atoms with E-state index in [0.717, 1.165) is 13.0 Å². The van der Waals surface area contributed by atoms with Gasteiger partial charge in [-0.2, -0.15) is 0 Å². The predicted molar refractivity (Wildman–Crippen MR) is 67.5 cm³/mol. The number of hydrogen-bond donors (Lipinski definition) is 3. The number of nitrogens with one attached hydrogen (secondary N) is 1. The summed E-state index contributed by atoms with van der Waals surface area (Å²) in [5.74, 6) is 0. The molecule has 0 rings (SSSR count). The zero-order valence-electron chi connectivity index (χ0n) is 11.4. The summed E-state index contributed by atoms with van der Waals surface area (Å²) in [6, 6.07) is 0. The van der Waals surface area contributed by atoms with Gasteiger partial charge in [0.1, 0.15) is 0 Å². The highest BCUT2D eigenvalue weighted by Gasteiger charge is 2.24. The van der Waals surface area contributed by atoms with Gasteiger partial charge < -0.3 is 20.4 Å². The summed E-state index contributed by atoms with van der Waals surface area (Å²) in [6.45, 7) is 8.00. The summed E-state index contributed by atoms with van der Waals surface area (Å²) in [6.07, 6.45) is 0.923. The minimum Gasteiger partial charge on any atom is -0.396 e. The molecule has 0 bridgehead atoms. The van der Waals surface area contributed by atoms with Gasteiger partial charge in [0.15, 0.2) is 0 Å². The second kappa shape index (κ2) is 6.55. The fourth-order valence-corrected chi connectivity index (χ4v) is 1.66. The minimum atomic E-state index is -0.729. The van der Waals surface area contributed by atoms with E-state index in [0.29, 0.717) is 13.1 Å². The Morgan fingerprint density at radius 2 is 1.75 bits per heavy atom. The van der Waals surface area contributed by atoms with Crippen molar-refractivity contribution in [2.75, 3.05) is 40.3 Å². The van der Waals surface area contributed by atoms with Crippen LogP contribution in [0.1, 0.15) is 27.2 Å². The highest BCUT2D eigenvalue weighted by atomic mass is 16.3. The van der Waals surface area contributed by atoms with Crippen molar-refractivity contribution in [2.45, 2.75) is 32.8 Å². The molecule has 0 fully saturated rings. The minimum absolute atomic E-state index is 0.0891. The lowest BCUT2D eigenvalue weighted by molar-refractivity contribution is 0.0290. The average molecular weight is 232 g/mol. The molecule has 0 spiro atoms. The molecule has 0 amide bonds. The first-order valence-electron chi connectivity index (χ1n) is 5.93. The highest BCUT2D eigenvalue weighted by molar-refractivity contribution is 4.81. The van der Waals surface area contributed by atoms with Gasteiger partial charge in [-0.1, -0.05) is 13.8 Å². The topological polar surface area (TPSA) is 55.7 Å². The quantitative estimate of drug-likeness (QED) is 0.563. The van der Waals surface area contributed by atoms with E-state index in [-0.39, 0.29) is 12.0 Å². The number of aliphatic hydroxyl groups excluding tert-OH is 1. The SMILES string of the molecule is CCC(C)(CO)CNCC(C)(O)CN(C)C. The van der Waals surface area contributed by atoms with Crippen LogP contribution in [-0.4, -0.2) is 61.1 Å². The van der Waals surface area contributed by atoms with Crippen LogP contribution in [0.15, 0.2) is 0 Å². The Morgan fingerprint density at radius 3 is 2.12 bits per heavy atom. The molecule has 0 saturated carbocycles. The second-order valence-corrected chi connectivity index (χ2v) is 5.66. The summed E-state index contributed by atoms with van der Waals surface area (Å²) in [7, 11) is 3.89. The first kappa shape index (κ1) is 15.8. The molecule has 0 radical (unpaired) electrons. The molecule has 0 aromatic rings. The third kappa shape index (κ3) is 6.43. The van der Waals surface area contributed by atoms with Crippen LogP contribution in [0.3, 0.4) is 0 Å². The Morgan fingerprint density at radius 1 is 1.19 bits per heavy atom. The van der Waals surface area contributed by atoms with Crippen molar-refractivity contribution < 1.29 is 10.2 Å². The Kier molecular flexibility index (Phi) is 6.48. The van der Waals surface area contributed by atoms with E-state index >= 15 is 0 Å². The predicted octanol–water partition coefficient (Wildman–Crippen LogP) is 0.297. The molecular weight excluding hydrogens is 204 g/mol. The first-order valence-corrected chi connectivity index (χ1v) is 5.93. The summed E-state index contributed by atoms with van der Waals surface area (Å²) < 4.78 is 0. The molecule has 0 heterocycles. The molecule has 0 aliphatic carbocycles. The van der Waals surface area contributed by atoms with E-state index < -0.39 is 5.60 Å². The summed E-state index contributed by atoms with van der Waals surface area (Å²) in [5, 5.41) is 22.5. The van der Waals surface area contributed by atoms with E-state index in [1.165, 1.54) is 0 Å². The van der Waals surface area contributed by atoms with Gasteiger partial charge >= 0.3 is 0 Å². The second-order valence-electron chi connectivity index (χ2n) is 5.66. The van der Waals surface area contributed by atoms with Crippen LogP contribution < -0.4 is 5.32 Å². The van der Waals surface area contributed by atoms with Gasteiger partial charge in [-0.15, -0.1) is 0 Å². The molecule has 4 nitrogen and oxygen atoms in total. The lowest BCUT2D eigenvalue weighted by Crippen LogP contribution is -2.48. The fraction of sp³-hybridized carbons (Fsp3) is 1.00. The van der Waals surface area contributed by atoms with Crippen molar-refractivity contribution in [2.24, 2.45) is 5.41 Å². The number of hydrogen-bond acceptors (Lipinski definition) is 4. The van der Waals surface area contributed by atoms with Crippen LogP contribution >= 0.6 is 0 Å². The van der Waals surface area contributed by atoms with Gasteiger partial charge in [0, 0.05) is 31.7 Å². The van der Waals surface area contributed by atoms with Crippen molar-refractivity contribution in [1.82, 2.24) is 10.2 Å². The normalized spacial score (nSPS) is 19.5. The molecule has 98 valence electrons. The smallest absolute Gasteiger partial charge is 0.0869 e. The third-order valence-electron chi connectivity index (χ3n) is 2.95. The molecule has 16 heavy (non-hydrogen) atoms. The van der Waals surface area contributed by atoms with Crippen LogP contribution in [-0.2, 0) is 0 Å². The molecule has 0 aromatic heterocycles. The van der Waals surface area contributed by atoms with E-state index in [1.807, 2.05) is 32.8 Å². The molecule has 0 aromatic carbocycles. The fourth-order valence-electron chi connectivity index (χ4n) is 1.66. The number of nitrogens with zero attached hydrogens (tertiary/aromatic N) is 1. The molecule has 0 aliphatic rings. The van der Waals surface area contributed by atoms with Crippen molar-refractivity contribution in [1.29, 1.82) is 0 Å². The third-order valence-corrected chi connectivity index (χ3v) is 2.95. The summed E-state index contributed by atoms with van der Waals surface area (Å²) in [5.41, 5.74) is -0.818. The number of rotatable bonds is 8. The van der Waals surface area contributed by atoms with Gasteiger partial charge in [0.25, 0.3) is 0 Å². The van der Waals surface area contributed by atoms with Crippen molar-refractivity contribution in [3.63, 3.8) is 0 Å². The van der Waals surface area contributed by atoms with Gasteiger partial charge in [0.05, 0.1) is 5.60 Å². The van der Waals surface area contributed by atoms with E-state index in [2.05, 4.69) is 12.2 Å². The molecule has 4 heteroatoms. The summed E-state index contributed by atoms with van der Waals surface area (Å²) in [4.78, 5) is 1.97. The van der Waals surface area contributed by atoms with Crippen LogP contribution in [0.2, 0.25) is 0 Å². The highest BCUT2D eigenvalue weighted by Crippen LogP contribution is 2.18. The average Bonchev–Trinajstić information content (AvgIpc) is 2.15. The Hall–Kier alpha value is -0.160. The lowest BCUT2D eigenvalue weighted by Gasteiger charge is -2.31. The largest absolute Gasteiger partial charge is 0.396 e. The van der Waals surface area contributed by atoms with Crippen molar-refractivity contribution in [3.05, 3.63) is 0 Å². The van der Waals surface area contributed by atoms with Crippen LogP contribution in [0.5, 0.6) is 0 Å². The van der Waals surface area contributed by atoms with E-state index in [9.17, 15) is 10.2 Å². The zero-order chi connectivity index (χ0) is 12.8. The monoisotopic (exact) mass is 232 g/mol. The molecular formula is C12H28N2O2. The lowest BCUT2D eigenvalue weighted by atomic mass is 9.88. The van der Waals surface area contributed by atoms with Crippen molar-refractivity contribution in [3.8, 4) is 0 Å². The Bertz CT molecular complexity index is 189. The maximum atomic E-state index is 10.1. The van der Waals surface area contributed by atoms with Gasteiger partial charge in [-0.05, 0) is 27.4 Å². The van der Waals surface area contributed by atoms with Crippen molar-refractivity contribution >= 4 is 0 Å². The summed E-state index contributed by atoms with van der Waals surface area (Å²) >= 11 is 0. The van der Waals surface area contributed by atoms with E-state index in [4.69, 9.17) is 0 Å². The van der Waals surface area contributed by atoms with E-state index in [1.54, 1.807) is 0 Å².